The number of carbonyl (C=O) groups excluding carboxylic acids is 3. The summed E-state index contributed by atoms with van der Waals surface area (Å²) in [5.41, 5.74) is -5.58. The maximum absolute atomic E-state index is 13.8. The monoisotopic (exact) mass is 543 g/mol. The molecule has 2 spiro atoms. The van der Waals surface area contributed by atoms with E-state index < -0.39 is 87.9 Å². The van der Waals surface area contributed by atoms with Gasteiger partial charge in [0, 0.05) is 6.20 Å². The fourth-order valence-electron chi connectivity index (χ4n) is 9.36. The van der Waals surface area contributed by atoms with Gasteiger partial charge in [0.05, 0.1) is 29.0 Å². The normalized spacial score (nSPS) is 48.9. The molecule has 6 unspecified atom stereocenters. The highest BCUT2D eigenvalue weighted by atomic mass is 16.8. The van der Waals surface area contributed by atoms with Crippen molar-refractivity contribution in [2.45, 2.75) is 96.5 Å². The first-order chi connectivity index (χ1) is 18.2. The van der Waals surface area contributed by atoms with E-state index in [0.717, 1.165) is 11.1 Å². The van der Waals surface area contributed by atoms with E-state index in [9.17, 15) is 24.6 Å². The summed E-state index contributed by atoms with van der Waals surface area (Å²) in [6.45, 7) is 11.2. The summed E-state index contributed by atoms with van der Waals surface area (Å²) in [5.74, 6) is -3.96. The molecule has 11 atom stereocenters. The van der Waals surface area contributed by atoms with Crippen LogP contribution in [0.1, 0.15) is 50.9 Å². The van der Waals surface area contributed by atoms with Crippen molar-refractivity contribution in [1.29, 1.82) is 0 Å². The number of esters is 3. The molecule has 7 rings (SSSR count). The fourth-order valence-corrected chi connectivity index (χ4v) is 9.36. The third kappa shape index (κ3) is 2.36. The number of aryl methyl sites for hydroxylation is 2. The lowest BCUT2D eigenvalue weighted by Crippen LogP contribution is -2.67. The van der Waals surface area contributed by atoms with Crippen molar-refractivity contribution in [3.8, 4) is 0 Å². The molecule has 1 aromatic rings. The Bertz CT molecular complexity index is 1340. The second-order valence-corrected chi connectivity index (χ2v) is 13.2. The van der Waals surface area contributed by atoms with Crippen LogP contribution in [-0.4, -0.2) is 75.0 Å². The summed E-state index contributed by atoms with van der Waals surface area (Å²) in [7, 11) is 0. The molecular weight excluding hydrogens is 510 g/mol. The standard InChI is InChI=1S/C28H33NO10/c1-11-7-12(2)14(29-9-11)10-35-19-21(32)38-23-25(19)15(24(4,5)6)8-16-26(25)17(30)18-27(34,13(3)20(31)37-18)28(26,39-23)22(33)36-16/h7,9,13,15-19,23,30,34H,8,10H2,1-6H3/t13-,15?,16?,17+,18+,19+,23?,25?,26?,27-,28?/m1/s1. The molecule has 210 valence electrons. The van der Waals surface area contributed by atoms with Crippen LogP contribution in [0.5, 0.6) is 0 Å². The van der Waals surface area contributed by atoms with Crippen LogP contribution >= 0.6 is 0 Å². The summed E-state index contributed by atoms with van der Waals surface area (Å²) < 4.78 is 30.1. The largest absolute Gasteiger partial charge is 0.459 e. The van der Waals surface area contributed by atoms with Crippen LogP contribution in [0.3, 0.4) is 0 Å². The number of carbonyl (C=O) groups is 3. The van der Waals surface area contributed by atoms with Crippen LogP contribution in [0.15, 0.2) is 12.3 Å². The van der Waals surface area contributed by atoms with Gasteiger partial charge < -0.3 is 33.9 Å². The molecule has 2 aliphatic carbocycles. The Labute approximate surface area is 225 Å². The number of aliphatic hydroxyl groups is 2. The third-order valence-corrected chi connectivity index (χ3v) is 10.7. The molecule has 11 heteroatoms. The Morgan fingerprint density at radius 3 is 2.51 bits per heavy atom. The molecule has 0 amide bonds. The number of ether oxygens (including phenoxy) is 5. The van der Waals surface area contributed by atoms with Crippen molar-refractivity contribution < 1.29 is 48.3 Å². The Morgan fingerprint density at radius 1 is 1.13 bits per heavy atom. The maximum Gasteiger partial charge on any atom is 0.343 e. The average Bonchev–Trinajstić information content (AvgIpc) is 3.56. The van der Waals surface area contributed by atoms with E-state index in [1.54, 1.807) is 6.20 Å². The summed E-state index contributed by atoms with van der Waals surface area (Å²) in [5, 5.41) is 24.4. The smallest absolute Gasteiger partial charge is 0.343 e. The van der Waals surface area contributed by atoms with Crippen LogP contribution in [0.25, 0.3) is 0 Å². The number of hydrogen-bond donors (Lipinski definition) is 2. The van der Waals surface area contributed by atoms with Crippen LogP contribution in [0.2, 0.25) is 0 Å². The van der Waals surface area contributed by atoms with Gasteiger partial charge in [0.15, 0.2) is 17.8 Å². The molecule has 11 nitrogen and oxygen atoms in total. The number of nitrogens with zero attached hydrogens (tertiary/aromatic N) is 1. The lowest BCUT2D eigenvalue weighted by atomic mass is 9.51. The summed E-state index contributed by atoms with van der Waals surface area (Å²) >= 11 is 0. The molecule has 6 aliphatic rings. The highest BCUT2D eigenvalue weighted by Crippen LogP contribution is 2.84. The minimum atomic E-state index is -2.24. The van der Waals surface area contributed by atoms with Crippen LogP contribution in [0, 0.1) is 41.9 Å². The van der Waals surface area contributed by atoms with Gasteiger partial charge in [-0.3, -0.25) is 9.78 Å². The Hall–Kier alpha value is -2.60. The third-order valence-electron chi connectivity index (χ3n) is 10.7. The Balaban J connectivity index is 1.45. The minimum Gasteiger partial charge on any atom is -0.459 e. The molecule has 4 saturated heterocycles. The molecule has 1 aromatic heterocycles. The Morgan fingerprint density at radius 2 is 1.85 bits per heavy atom. The molecule has 0 bridgehead atoms. The number of aromatic nitrogens is 1. The van der Waals surface area contributed by atoms with Crippen molar-refractivity contribution in [2.75, 3.05) is 0 Å². The number of aliphatic hydroxyl groups excluding tert-OH is 1. The van der Waals surface area contributed by atoms with Gasteiger partial charge in [-0.25, -0.2) is 9.59 Å². The first-order valence-electron chi connectivity index (χ1n) is 13.4. The van der Waals surface area contributed by atoms with Crippen molar-refractivity contribution in [1.82, 2.24) is 4.98 Å². The zero-order valence-corrected chi connectivity index (χ0v) is 22.7. The van der Waals surface area contributed by atoms with Crippen LogP contribution in [-0.2, 0) is 44.7 Å². The zero-order chi connectivity index (χ0) is 28.1. The molecular formula is C28H33NO10. The molecule has 2 saturated carbocycles. The van der Waals surface area contributed by atoms with Gasteiger partial charge in [0.1, 0.15) is 12.2 Å². The minimum absolute atomic E-state index is 0.0328. The van der Waals surface area contributed by atoms with Gasteiger partial charge in [-0.1, -0.05) is 26.8 Å². The predicted octanol–water partition coefficient (Wildman–Crippen LogP) is 0.867. The topological polar surface area (TPSA) is 151 Å². The van der Waals surface area contributed by atoms with E-state index in [-0.39, 0.29) is 13.0 Å². The van der Waals surface area contributed by atoms with Crippen molar-refractivity contribution in [3.63, 3.8) is 0 Å². The van der Waals surface area contributed by atoms with E-state index in [1.165, 1.54) is 6.92 Å². The maximum atomic E-state index is 13.8. The van der Waals surface area contributed by atoms with E-state index in [0.29, 0.717) is 5.69 Å². The fraction of sp³-hybridized carbons (Fsp3) is 0.714. The summed E-state index contributed by atoms with van der Waals surface area (Å²) in [6, 6.07) is 1.96. The molecule has 6 fully saturated rings. The average molecular weight is 544 g/mol. The lowest BCUT2D eigenvalue weighted by molar-refractivity contribution is -0.240. The molecule has 0 radical (unpaired) electrons. The molecule has 2 N–H and O–H groups in total. The number of hydrogen-bond acceptors (Lipinski definition) is 11. The summed E-state index contributed by atoms with van der Waals surface area (Å²) in [6.07, 6.45) is -4.60. The zero-order valence-electron chi connectivity index (χ0n) is 22.7. The highest BCUT2D eigenvalue weighted by Gasteiger charge is 3.04. The van der Waals surface area contributed by atoms with E-state index in [4.69, 9.17) is 23.7 Å². The lowest BCUT2D eigenvalue weighted by Gasteiger charge is -2.48. The molecule has 39 heavy (non-hydrogen) atoms. The van der Waals surface area contributed by atoms with Crippen molar-refractivity contribution >= 4 is 17.9 Å². The van der Waals surface area contributed by atoms with Crippen LogP contribution < -0.4 is 0 Å². The first kappa shape index (κ1) is 25.4. The van der Waals surface area contributed by atoms with Crippen molar-refractivity contribution in [3.05, 3.63) is 29.1 Å². The SMILES string of the molecule is Cc1cnc(CO[C@H]2C(=O)OC3OC45C(=O)OC6CC(C(C)(C)C)C32C64[C@@H](O)[C@@H]2OC(=O)[C@@H](C)[C@@]25O)c(C)c1. The van der Waals surface area contributed by atoms with Crippen LogP contribution in [0.4, 0.5) is 0 Å². The second kappa shape index (κ2) is 7.18. The molecule has 0 aromatic carbocycles. The number of pyridine rings is 1. The van der Waals surface area contributed by atoms with Crippen molar-refractivity contribution in [2.24, 2.45) is 28.1 Å². The van der Waals surface area contributed by atoms with E-state index in [1.807, 2.05) is 40.7 Å². The number of rotatable bonds is 3. The van der Waals surface area contributed by atoms with E-state index in [2.05, 4.69) is 4.98 Å². The van der Waals surface area contributed by atoms with Gasteiger partial charge in [-0.15, -0.1) is 0 Å². The Kier molecular flexibility index (Phi) is 4.67. The molecule has 4 aliphatic heterocycles. The summed E-state index contributed by atoms with van der Waals surface area (Å²) in [4.78, 5) is 44.6. The second-order valence-electron chi connectivity index (χ2n) is 13.2. The van der Waals surface area contributed by atoms with Gasteiger partial charge in [0.25, 0.3) is 0 Å². The van der Waals surface area contributed by atoms with Gasteiger partial charge in [-0.2, -0.15) is 0 Å². The van der Waals surface area contributed by atoms with Gasteiger partial charge in [-0.05, 0) is 49.7 Å². The highest BCUT2D eigenvalue weighted by molar-refractivity contribution is 5.94. The predicted molar refractivity (Wildman–Crippen MR) is 128 cm³/mol. The van der Waals surface area contributed by atoms with E-state index >= 15 is 0 Å². The quantitative estimate of drug-likeness (QED) is 0.413. The van der Waals surface area contributed by atoms with Gasteiger partial charge >= 0.3 is 17.9 Å². The molecule has 5 heterocycles. The van der Waals surface area contributed by atoms with Gasteiger partial charge in [0.2, 0.25) is 11.9 Å². The number of fused-ring (bicyclic) bond motifs is 1. The first-order valence-corrected chi connectivity index (χ1v) is 13.4.